The molecule has 4 rings (SSSR count). The number of aliphatic hydroxyl groups excluding tert-OH is 1. The van der Waals surface area contributed by atoms with Crippen LogP contribution >= 0.6 is 0 Å². The third-order valence-corrected chi connectivity index (χ3v) is 7.34. The van der Waals surface area contributed by atoms with Gasteiger partial charge >= 0.3 is 0 Å². The Balaban J connectivity index is 1.34. The van der Waals surface area contributed by atoms with Gasteiger partial charge in [-0.15, -0.1) is 0 Å². The molecule has 0 bridgehead atoms. The molecule has 4 nitrogen and oxygen atoms in total. The van der Waals surface area contributed by atoms with E-state index in [9.17, 15) is 9.50 Å². The summed E-state index contributed by atoms with van der Waals surface area (Å²) in [4.78, 5) is 6.52. The lowest BCUT2D eigenvalue weighted by molar-refractivity contribution is 0.0299. The Hall–Kier alpha value is -2.57. The number of rotatable bonds is 10. The van der Waals surface area contributed by atoms with E-state index in [2.05, 4.69) is 34.1 Å². The topological polar surface area (TPSA) is 45.6 Å². The van der Waals surface area contributed by atoms with E-state index in [1.807, 2.05) is 6.07 Å². The number of aryl methyl sites for hydroxylation is 1. The highest BCUT2D eigenvalue weighted by atomic mass is 19.1. The van der Waals surface area contributed by atoms with Crippen LogP contribution in [-0.4, -0.2) is 48.3 Å². The summed E-state index contributed by atoms with van der Waals surface area (Å²) in [7, 11) is 1.53. The Morgan fingerprint density at radius 1 is 1.15 bits per heavy atom. The lowest BCUT2D eigenvalue weighted by atomic mass is 9.74. The molecule has 1 N–H and O–H groups in total. The maximum absolute atomic E-state index is 15.4. The summed E-state index contributed by atoms with van der Waals surface area (Å²) in [6.07, 6.45) is 4.13. The van der Waals surface area contributed by atoms with Gasteiger partial charge in [-0.25, -0.2) is 8.78 Å². The molecule has 0 saturated carbocycles. The van der Waals surface area contributed by atoms with Crippen LogP contribution in [0.3, 0.4) is 0 Å². The zero-order valence-corrected chi connectivity index (χ0v) is 19.9. The van der Waals surface area contributed by atoms with Crippen molar-refractivity contribution in [3.63, 3.8) is 0 Å². The third-order valence-electron chi connectivity index (χ3n) is 7.34. The molecule has 0 unspecified atom stereocenters. The highest BCUT2D eigenvalue weighted by Crippen LogP contribution is 2.40. The molecule has 0 radical (unpaired) electrons. The first kappa shape index (κ1) is 24.6. The molecule has 2 heterocycles. The number of piperidine rings is 1. The normalized spacial score (nSPS) is 17.1. The van der Waals surface area contributed by atoms with Gasteiger partial charge in [-0.3, -0.25) is 4.98 Å². The summed E-state index contributed by atoms with van der Waals surface area (Å²) in [5.41, 5.74) is 1.62. The van der Waals surface area contributed by atoms with Crippen molar-refractivity contribution in [3.05, 3.63) is 71.7 Å². The van der Waals surface area contributed by atoms with Crippen LogP contribution in [0.2, 0.25) is 0 Å². The monoisotopic (exact) mass is 468 g/mol. The molecule has 1 atom stereocenters. The number of methoxy groups -OCH3 is 1. The number of aromatic nitrogens is 1. The Labute approximate surface area is 200 Å². The van der Waals surface area contributed by atoms with Gasteiger partial charge in [0.05, 0.1) is 18.8 Å². The smallest absolute Gasteiger partial charge is 0.148 e. The van der Waals surface area contributed by atoms with Crippen LogP contribution in [0.5, 0.6) is 5.75 Å². The predicted molar refractivity (Wildman–Crippen MR) is 131 cm³/mol. The minimum absolute atomic E-state index is 0.0327. The SMILES string of the molecule is COc1ccc2ncc(F)c([C@@H](F)CCC3(CO)CCN(CCCc4ccccc4)CC3)c2c1. The van der Waals surface area contributed by atoms with Crippen LogP contribution in [-0.2, 0) is 6.42 Å². The Kier molecular flexibility index (Phi) is 8.11. The standard InChI is InChI=1S/C28H34F2N2O2/c1-34-22-9-10-26-23(18-22)27(25(30)19-31-26)24(29)11-12-28(20-33)13-16-32(17-14-28)15-5-8-21-6-3-2-4-7-21/h2-4,6-7,9-10,18-19,24,33H,5,8,11-17,20H2,1H3/t24-/m0/s1. The van der Waals surface area contributed by atoms with E-state index in [0.29, 0.717) is 23.1 Å². The van der Waals surface area contributed by atoms with Crippen LogP contribution < -0.4 is 4.74 Å². The average Bonchev–Trinajstić information content (AvgIpc) is 2.88. The van der Waals surface area contributed by atoms with E-state index in [1.54, 1.807) is 18.2 Å². The van der Waals surface area contributed by atoms with Gasteiger partial charge in [0.15, 0.2) is 0 Å². The number of aliphatic hydroxyl groups is 1. The van der Waals surface area contributed by atoms with Crippen molar-refractivity contribution in [3.8, 4) is 5.75 Å². The van der Waals surface area contributed by atoms with E-state index >= 15 is 4.39 Å². The Morgan fingerprint density at radius 3 is 2.62 bits per heavy atom. The number of likely N-dealkylation sites (tertiary alicyclic amines) is 1. The summed E-state index contributed by atoms with van der Waals surface area (Å²) >= 11 is 0. The van der Waals surface area contributed by atoms with E-state index in [-0.39, 0.29) is 24.0 Å². The van der Waals surface area contributed by atoms with Gasteiger partial charge in [-0.05, 0) is 87.3 Å². The number of benzene rings is 2. The van der Waals surface area contributed by atoms with Crippen molar-refractivity contribution < 1.29 is 18.6 Å². The first-order valence-corrected chi connectivity index (χ1v) is 12.2. The molecule has 0 spiro atoms. The number of nitrogens with zero attached hydrogens (tertiary/aromatic N) is 2. The molecule has 182 valence electrons. The van der Waals surface area contributed by atoms with Crippen molar-refractivity contribution in [1.29, 1.82) is 0 Å². The molecule has 34 heavy (non-hydrogen) atoms. The van der Waals surface area contributed by atoms with E-state index in [4.69, 9.17) is 4.74 Å². The molecule has 1 aromatic heterocycles. The number of pyridine rings is 1. The zero-order chi connectivity index (χ0) is 24.0. The minimum Gasteiger partial charge on any atom is -0.497 e. The first-order valence-electron chi connectivity index (χ1n) is 12.2. The number of hydrogen-bond acceptors (Lipinski definition) is 4. The largest absolute Gasteiger partial charge is 0.497 e. The fourth-order valence-corrected chi connectivity index (χ4v) is 5.08. The molecule has 1 aliphatic heterocycles. The third kappa shape index (κ3) is 5.73. The van der Waals surface area contributed by atoms with Gasteiger partial charge in [0.25, 0.3) is 0 Å². The molecule has 2 aromatic carbocycles. The second-order valence-corrected chi connectivity index (χ2v) is 9.50. The highest BCUT2D eigenvalue weighted by Gasteiger charge is 2.35. The second kappa shape index (κ2) is 11.2. The van der Waals surface area contributed by atoms with Gasteiger partial charge in [0.2, 0.25) is 0 Å². The van der Waals surface area contributed by atoms with Crippen LogP contribution in [0.15, 0.2) is 54.7 Å². The Morgan fingerprint density at radius 2 is 1.91 bits per heavy atom. The van der Waals surface area contributed by atoms with Crippen molar-refractivity contribution in [2.75, 3.05) is 33.4 Å². The summed E-state index contributed by atoms with van der Waals surface area (Å²) in [6.45, 7) is 2.86. The summed E-state index contributed by atoms with van der Waals surface area (Å²) < 4.78 is 35.3. The van der Waals surface area contributed by atoms with Gasteiger partial charge < -0.3 is 14.7 Å². The van der Waals surface area contributed by atoms with E-state index < -0.39 is 12.0 Å². The molecule has 3 aromatic rings. The number of ether oxygens (including phenoxy) is 1. The molecule has 0 aliphatic carbocycles. The highest BCUT2D eigenvalue weighted by molar-refractivity contribution is 5.84. The summed E-state index contributed by atoms with van der Waals surface area (Å²) in [5, 5.41) is 10.6. The molecule has 1 aliphatic rings. The number of hydrogen-bond donors (Lipinski definition) is 1. The number of halogens is 2. The zero-order valence-electron chi connectivity index (χ0n) is 19.9. The maximum Gasteiger partial charge on any atom is 0.148 e. The predicted octanol–water partition coefficient (Wildman–Crippen LogP) is 5.88. The summed E-state index contributed by atoms with van der Waals surface area (Å²) in [6, 6.07) is 15.6. The summed E-state index contributed by atoms with van der Waals surface area (Å²) in [5.74, 6) is -0.0978. The molecule has 0 amide bonds. The number of alkyl halides is 1. The van der Waals surface area contributed by atoms with Crippen LogP contribution in [0.25, 0.3) is 10.9 Å². The van der Waals surface area contributed by atoms with Crippen molar-refractivity contribution in [1.82, 2.24) is 9.88 Å². The fourth-order valence-electron chi connectivity index (χ4n) is 5.08. The molecular weight excluding hydrogens is 434 g/mol. The van der Waals surface area contributed by atoms with Crippen LogP contribution in [0.1, 0.15) is 49.4 Å². The lowest BCUT2D eigenvalue weighted by Crippen LogP contribution is -2.42. The van der Waals surface area contributed by atoms with E-state index in [1.165, 1.54) is 12.7 Å². The average molecular weight is 469 g/mol. The second-order valence-electron chi connectivity index (χ2n) is 9.50. The first-order chi connectivity index (χ1) is 16.5. The van der Waals surface area contributed by atoms with Gasteiger partial charge in [-0.2, -0.15) is 0 Å². The van der Waals surface area contributed by atoms with Gasteiger partial charge in [-0.1, -0.05) is 30.3 Å². The quantitative estimate of drug-likeness (QED) is 0.404. The fraction of sp³-hybridized carbons (Fsp3) is 0.464. The van der Waals surface area contributed by atoms with Gasteiger partial charge in [0, 0.05) is 17.6 Å². The number of fused-ring (bicyclic) bond motifs is 1. The van der Waals surface area contributed by atoms with Gasteiger partial charge in [0.1, 0.15) is 17.7 Å². The van der Waals surface area contributed by atoms with E-state index in [0.717, 1.165) is 51.5 Å². The molecule has 6 heteroatoms. The minimum atomic E-state index is -1.47. The van der Waals surface area contributed by atoms with Crippen molar-refractivity contribution in [2.45, 2.75) is 44.7 Å². The van der Waals surface area contributed by atoms with Crippen LogP contribution in [0.4, 0.5) is 8.78 Å². The molecule has 1 fully saturated rings. The van der Waals surface area contributed by atoms with Crippen molar-refractivity contribution >= 4 is 10.9 Å². The molecule has 1 saturated heterocycles. The van der Waals surface area contributed by atoms with Crippen LogP contribution in [0, 0.1) is 11.2 Å². The van der Waals surface area contributed by atoms with Crippen molar-refractivity contribution in [2.24, 2.45) is 5.41 Å². The molecular formula is C28H34F2N2O2. The lowest BCUT2D eigenvalue weighted by Gasteiger charge is -2.41. The maximum atomic E-state index is 15.4. The Bertz CT molecular complexity index is 1070.